The highest BCUT2D eigenvalue weighted by atomic mass is 15.6. The van der Waals surface area contributed by atoms with Gasteiger partial charge in [0.25, 0.3) is 0 Å². The van der Waals surface area contributed by atoms with Gasteiger partial charge in [0, 0.05) is 16.8 Å². The molecule has 1 fully saturated rings. The Morgan fingerprint density at radius 3 is 2.00 bits per heavy atom. The molecule has 1 N–H and O–H groups in total. The zero-order chi connectivity index (χ0) is 12.5. The van der Waals surface area contributed by atoms with Crippen LogP contribution in [0.3, 0.4) is 0 Å². The van der Waals surface area contributed by atoms with Crippen LogP contribution in [0.1, 0.15) is 47.0 Å². The number of para-hydroxylation sites is 1. The van der Waals surface area contributed by atoms with Crippen molar-refractivity contribution in [1.29, 1.82) is 0 Å². The maximum atomic E-state index is 3.59. The summed E-state index contributed by atoms with van der Waals surface area (Å²) in [5.41, 5.74) is 5.18. The monoisotopic (exact) mass is 232 g/mol. The molecule has 0 radical (unpaired) electrons. The van der Waals surface area contributed by atoms with Crippen LogP contribution < -0.4 is 5.43 Å². The molecule has 1 aromatic carbocycles. The second kappa shape index (κ2) is 4.34. The summed E-state index contributed by atoms with van der Waals surface area (Å²) in [6.45, 7) is 9.29. The molecule has 2 rings (SSSR count). The molecule has 1 aliphatic heterocycles. The highest BCUT2D eigenvalue weighted by Crippen LogP contribution is 2.37. The minimum Gasteiger partial charge on any atom is -0.318 e. The van der Waals surface area contributed by atoms with Gasteiger partial charge in [-0.3, -0.25) is 0 Å². The van der Waals surface area contributed by atoms with Gasteiger partial charge in [-0.15, -0.1) is 0 Å². The Kier molecular flexibility index (Phi) is 3.17. The van der Waals surface area contributed by atoms with E-state index in [2.05, 4.69) is 68.5 Å². The van der Waals surface area contributed by atoms with Crippen molar-refractivity contribution in [3.63, 3.8) is 0 Å². The first-order chi connectivity index (χ1) is 7.92. The summed E-state index contributed by atoms with van der Waals surface area (Å²) in [5, 5.41) is 2.43. The van der Waals surface area contributed by atoms with E-state index in [1.54, 1.807) is 0 Å². The Morgan fingerprint density at radius 2 is 1.47 bits per heavy atom. The third kappa shape index (κ3) is 2.63. The normalized spacial score (nSPS) is 23.3. The fraction of sp³-hybridized carbons (Fsp3) is 0.600. The topological polar surface area (TPSA) is 15.3 Å². The van der Waals surface area contributed by atoms with E-state index in [0.29, 0.717) is 0 Å². The molecule has 0 aliphatic carbocycles. The van der Waals surface area contributed by atoms with E-state index in [0.717, 1.165) is 0 Å². The molecule has 1 saturated heterocycles. The number of benzene rings is 1. The van der Waals surface area contributed by atoms with Crippen molar-refractivity contribution >= 4 is 5.69 Å². The smallest absolute Gasteiger partial charge is 0.0490 e. The zero-order valence-corrected chi connectivity index (χ0v) is 11.5. The predicted molar refractivity (Wildman–Crippen MR) is 73.9 cm³/mol. The van der Waals surface area contributed by atoms with Crippen LogP contribution in [-0.4, -0.2) is 16.1 Å². The van der Waals surface area contributed by atoms with Crippen molar-refractivity contribution in [1.82, 2.24) is 5.01 Å². The van der Waals surface area contributed by atoms with E-state index >= 15 is 0 Å². The van der Waals surface area contributed by atoms with Crippen molar-refractivity contribution in [2.75, 3.05) is 5.43 Å². The van der Waals surface area contributed by atoms with Gasteiger partial charge < -0.3 is 5.43 Å². The number of hydrogen-bond acceptors (Lipinski definition) is 2. The molecule has 1 aliphatic rings. The van der Waals surface area contributed by atoms with Crippen LogP contribution in [0.15, 0.2) is 30.3 Å². The van der Waals surface area contributed by atoms with Gasteiger partial charge in [0.1, 0.15) is 0 Å². The van der Waals surface area contributed by atoms with E-state index in [9.17, 15) is 0 Å². The van der Waals surface area contributed by atoms with Crippen LogP contribution in [0.2, 0.25) is 0 Å². The lowest BCUT2D eigenvalue weighted by Crippen LogP contribution is -2.60. The van der Waals surface area contributed by atoms with Gasteiger partial charge in [0.05, 0.1) is 0 Å². The van der Waals surface area contributed by atoms with Gasteiger partial charge in [0.15, 0.2) is 0 Å². The third-order valence-electron chi connectivity index (χ3n) is 3.80. The average molecular weight is 232 g/mol. The SMILES string of the molecule is CC1(C)CCCC(C)(C)N1Nc1ccccc1. The quantitative estimate of drug-likeness (QED) is 0.827. The number of piperidine rings is 1. The highest BCUT2D eigenvalue weighted by Gasteiger charge is 2.41. The Hall–Kier alpha value is -1.02. The maximum absolute atomic E-state index is 3.59. The number of nitrogens with one attached hydrogen (secondary N) is 1. The summed E-state index contributed by atoms with van der Waals surface area (Å²) >= 11 is 0. The van der Waals surface area contributed by atoms with Crippen LogP contribution in [0.4, 0.5) is 5.69 Å². The van der Waals surface area contributed by atoms with Crippen molar-refractivity contribution in [2.24, 2.45) is 0 Å². The number of hydrazine groups is 1. The predicted octanol–water partition coefficient (Wildman–Crippen LogP) is 4.06. The summed E-state index contributed by atoms with van der Waals surface area (Å²) in [6.07, 6.45) is 3.81. The molecule has 0 saturated carbocycles. The van der Waals surface area contributed by atoms with Crippen LogP contribution in [0, 0.1) is 0 Å². The second-order valence-electron chi connectivity index (χ2n) is 6.29. The first-order valence-electron chi connectivity index (χ1n) is 6.54. The average Bonchev–Trinajstić information content (AvgIpc) is 2.25. The van der Waals surface area contributed by atoms with Crippen LogP contribution in [0.5, 0.6) is 0 Å². The second-order valence-corrected chi connectivity index (χ2v) is 6.29. The zero-order valence-electron chi connectivity index (χ0n) is 11.5. The molecule has 0 aromatic heterocycles. The third-order valence-corrected chi connectivity index (χ3v) is 3.80. The van der Waals surface area contributed by atoms with Crippen LogP contribution >= 0.6 is 0 Å². The molecule has 17 heavy (non-hydrogen) atoms. The first kappa shape index (κ1) is 12.4. The summed E-state index contributed by atoms with van der Waals surface area (Å²) < 4.78 is 0. The van der Waals surface area contributed by atoms with E-state index in [4.69, 9.17) is 0 Å². The fourth-order valence-electron chi connectivity index (χ4n) is 2.94. The minimum atomic E-state index is 0.206. The van der Waals surface area contributed by atoms with E-state index in [1.165, 1.54) is 24.9 Å². The van der Waals surface area contributed by atoms with Gasteiger partial charge in [-0.1, -0.05) is 18.2 Å². The molecule has 2 heteroatoms. The van der Waals surface area contributed by atoms with Crippen molar-refractivity contribution < 1.29 is 0 Å². The van der Waals surface area contributed by atoms with Crippen LogP contribution in [0.25, 0.3) is 0 Å². The van der Waals surface area contributed by atoms with Gasteiger partial charge >= 0.3 is 0 Å². The minimum absolute atomic E-state index is 0.206. The highest BCUT2D eigenvalue weighted by molar-refractivity contribution is 5.42. The number of rotatable bonds is 2. The van der Waals surface area contributed by atoms with E-state index in [-0.39, 0.29) is 11.1 Å². The summed E-state index contributed by atoms with van der Waals surface area (Å²) in [4.78, 5) is 0. The van der Waals surface area contributed by atoms with Crippen LogP contribution in [-0.2, 0) is 0 Å². The number of nitrogens with zero attached hydrogens (tertiary/aromatic N) is 1. The van der Waals surface area contributed by atoms with E-state index < -0.39 is 0 Å². The molecule has 0 spiro atoms. The molecular formula is C15H24N2. The Bertz CT molecular complexity index is 352. The fourth-order valence-corrected chi connectivity index (χ4v) is 2.94. The Labute approximate surface area is 105 Å². The Balaban J connectivity index is 2.21. The van der Waals surface area contributed by atoms with Gasteiger partial charge in [-0.05, 0) is 59.1 Å². The molecule has 0 atom stereocenters. The Morgan fingerprint density at radius 1 is 0.941 bits per heavy atom. The van der Waals surface area contributed by atoms with Gasteiger partial charge in [-0.25, -0.2) is 5.01 Å². The van der Waals surface area contributed by atoms with E-state index in [1.807, 2.05) is 0 Å². The molecule has 2 nitrogen and oxygen atoms in total. The largest absolute Gasteiger partial charge is 0.318 e. The molecule has 0 amide bonds. The molecule has 1 heterocycles. The molecule has 94 valence electrons. The molecule has 0 bridgehead atoms. The standard InChI is InChI=1S/C15H24N2/c1-14(2)11-8-12-15(3,4)17(14)16-13-9-6-5-7-10-13/h5-7,9-10,16H,8,11-12H2,1-4H3. The van der Waals surface area contributed by atoms with Crippen molar-refractivity contribution in [3.05, 3.63) is 30.3 Å². The van der Waals surface area contributed by atoms with Gasteiger partial charge in [-0.2, -0.15) is 0 Å². The lowest BCUT2D eigenvalue weighted by atomic mass is 9.81. The van der Waals surface area contributed by atoms with Crippen molar-refractivity contribution in [3.8, 4) is 0 Å². The molecule has 0 unspecified atom stereocenters. The number of hydrogen-bond donors (Lipinski definition) is 1. The van der Waals surface area contributed by atoms with Gasteiger partial charge in [0.2, 0.25) is 0 Å². The number of anilines is 1. The first-order valence-corrected chi connectivity index (χ1v) is 6.54. The summed E-state index contributed by atoms with van der Waals surface area (Å²) in [5.74, 6) is 0. The lowest BCUT2D eigenvalue weighted by Gasteiger charge is -2.52. The summed E-state index contributed by atoms with van der Waals surface area (Å²) in [6, 6.07) is 10.5. The molecular weight excluding hydrogens is 208 g/mol. The molecule has 1 aromatic rings. The lowest BCUT2D eigenvalue weighted by molar-refractivity contribution is -0.00312. The summed E-state index contributed by atoms with van der Waals surface area (Å²) in [7, 11) is 0. The maximum Gasteiger partial charge on any atom is 0.0490 e. The van der Waals surface area contributed by atoms with Crippen molar-refractivity contribution in [2.45, 2.75) is 58.0 Å².